The number of aryl methyl sites for hydroxylation is 1. The molecule has 0 spiro atoms. The Morgan fingerprint density at radius 2 is 1.74 bits per heavy atom. The average Bonchev–Trinajstić information content (AvgIpc) is 2.80. The van der Waals surface area contributed by atoms with E-state index in [0.29, 0.717) is 41.0 Å². The van der Waals surface area contributed by atoms with E-state index < -0.39 is 12.0 Å². The Kier molecular flexibility index (Phi) is 6.80. The van der Waals surface area contributed by atoms with Crippen molar-refractivity contribution < 1.29 is 19.5 Å². The topological polar surface area (TPSA) is 93.4 Å². The summed E-state index contributed by atoms with van der Waals surface area (Å²) in [6, 6.07) is 12.3. The Morgan fingerprint density at radius 1 is 1.00 bits per heavy atom. The Hall–Kier alpha value is -3.51. The number of halogens is 1. The second-order valence-electron chi connectivity index (χ2n) is 8.49. The predicted octanol–water partition coefficient (Wildman–Crippen LogP) is 5.15. The zero-order valence-electron chi connectivity index (χ0n) is 18.7. The Labute approximate surface area is 201 Å². The van der Waals surface area contributed by atoms with Gasteiger partial charge in [0.1, 0.15) is 0 Å². The third-order valence-electron chi connectivity index (χ3n) is 6.27. The molecule has 1 heterocycles. The fourth-order valence-corrected chi connectivity index (χ4v) is 4.66. The van der Waals surface area contributed by atoms with Crippen LogP contribution in [0, 0.1) is 0 Å². The molecule has 7 heteroatoms. The van der Waals surface area contributed by atoms with Crippen LogP contribution in [0.5, 0.6) is 0 Å². The molecule has 1 unspecified atom stereocenters. The van der Waals surface area contributed by atoms with Gasteiger partial charge in [-0.2, -0.15) is 0 Å². The molecular weight excluding hydrogens is 454 g/mol. The lowest BCUT2D eigenvalue weighted by atomic mass is 9.88. The molecule has 6 nitrogen and oxygen atoms in total. The number of pyridine rings is 1. The quantitative estimate of drug-likeness (QED) is 0.530. The lowest BCUT2D eigenvalue weighted by Gasteiger charge is -2.22. The van der Waals surface area contributed by atoms with Crippen molar-refractivity contribution in [1.82, 2.24) is 4.57 Å². The Balaban J connectivity index is 1.73. The summed E-state index contributed by atoms with van der Waals surface area (Å²) < 4.78 is 1.36. The average molecular weight is 478 g/mol. The van der Waals surface area contributed by atoms with Gasteiger partial charge in [-0.05, 0) is 65.8 Å². The molecule has 1 N–H and O–H groups in total. The van der Waals surface area contributed by atoms with Crippen LogP contribution in [-0.2, 0) is 17.6 Å². The third-order valence-corrected chi connectivity index (χ3v) is 6.50. The standard InChI is InChI=1S/C27H24ClNO5/c1-2-23(25(31)12-16-6-8-18(9-7-16)27(33)34)29-15-22-21(14-26(29)32)20-13-19(28)11-10-17(20)4-3-5-24(22)30/h6-11,13-15,23H,2-5,12H2,1H3,(H,33,34). The van der Waals surface area contributed by atoms with Crippen LogP contribution in [0.2, 0.25) is 5.02 Å². The highest BCUT2D eigenvalue weighted by molar-refractivity contribution is 6.31. The number of fused-ring (bicyclic) bond motifs is 3. The van der Waals surface area contributed by atoms with Crippen LogP contribution in [0.15, 0.2) is 59.5 Å². The molecule has 0 amide bonds. The van der Waals surface area contributed by atoms with Gasteiger partial charge in [0, 0.05) is 35.7 Å². The van der Waals surface area contributed by atoms with Gasteiger partial charge in [0.2, 0.25) is 0 Å². The maximum Gasteiger partial charge on any atom is 0.335 e. The van der Waals surface area contributed by atoms with Gasteiger partial charge in [-0.25, -0.2) is 4.79 Å². The van der Waals surface area contributed by atoms with Gasteiger partial charge >= 0.3 is 5.97 Å². The summed E-state index contributed by atoms with van der Waals surface area (Å²) in [7, 11) is 0. The molecule has 1 aliphatic rings. The third kappa shape index (κ3) is 4.73. The zero-order chi connectivity index (χ0) is 24.4. The Morgan fingerprint density at radius 3 is 2.41 bits per heavy atom. The number of nitrogens with zero attached hydrogens (tertiary/aromatic N) is 1. The van der Waals surface area contributed by atoms with E-state index >= 15 is 0 Å². The summed E-state index contributed by atoms with van der Waals surface area (Å²) in [4.78, 5) is 50.4. The van der Waals surface area contributed by atoms with Gasteiger partial charge < -0.3 is 9.67 Å². The van der Waals surface area contributed by atoms with Crippen molar-refractivity contribution in [2.75, 3.05) is 0 Å². The fourth-order valence-electron chi connectivity index (χ4n) is 4.49. The van der Waals surface area contributed by atoms with Crippen LogP contribution >= 0.6 is 11.6 Å². The monoisotopic (exact) mass is 477 g/mol. The number of hydrogen-bond acceptors (Lipinski definition) is 4. The second-order valence-corrected chi connectivity index (χ2v) is 8.93. The molecule has 0 aliphatic heterocycles. The number of benzene rings is 2. The highest BCUT2D eigenvalue weighted by atomic mass is 35.5. The van der Waals surface area contributed by atoms with Crippen LogP contribution in [0.3, 0.4) is 0 Å². The van der Waals surface area contributed by atoms with E-state index in [1.165, 1.54) is 29.0 Å². The van der Waals surface area contributed by atoms with Crippen LogP contribution in [0.4, 0.5) is 0 Å². The SMILES string of the molecule is CCC(C(=O)Cc1ccc(C(=O)O)cc1)n1cc2c(cc1=O)-c1cc(Cl)ccc1CCCC2=O. The number of carboxylic acids is 1. The molecule has 0 bridgehead atoms. The molecule has 3 aromatic rings. The van der Waals surface area contributed by atoms with Crippen LogP contribution in [0.25, 0.3) is 11.1 Å². The fraction of sp³-hybridized carbons (Fsp3) is 0.259. The number of carbonyl (C=O) groups is 3. The summed E-state index contributed by atoms with van der Waals surface area (Å²) in [6.07, 6.45) is 3.71. The molecule has 1 aromatic heterocycles. The minimum atomic E-state index is -1.04. The van der Waals surface area contributed by atoms with Crippen molar-refractivity contribution in [3.05, 3.63) is 92.4 Å². The minimum absolute atomic E-state index is 0.0499. The van der Waals surface area contributed by atoms with E-state index in [0.717, 1.165) is 17.5 Å². The number of hydrogen-bond donors (Lipinski definition) is 1. The highest BCUT2D eigenvalue weighted by Gasteiger charge is 2.25. The summed E-state index contributed by atoms with van der Waals surface area (Å²) in [6.45, 7) is 1.82. The van der Waals surface area contributed by atoms with Crippen molar-refractivity contribution >= 4 is 29.1 Å². The molecule has 1 aliphatic carbocycles. The smallest absolute Gasteiger partial charge is 0.335 e. The minimum Gasteiger partial charge on any atom is -0.478 e. The molecule has 1 atom stereocenters. The summed E-state index contributed by atoms with van der Waals surface area (Å²) in [5.41, 5.74) is 3.21. The van der Waals surface area contributed by atoms with Gasteiger partial charge in [0.05, 0.1) is 11.6 Å². The molecule has 0 saturated carbocycles. The van der Waals surface area contributed by atoms with Gasteiger partial charge in [-0.3, -0.25) is 14.4 Å². The van der Waals surface area contributed by atoms with Crippen molar-refractivity contribution in [1.29, 1.82) is 0 Å². The normalized spacial score (nSPS) is 13.9. The first kappa shape index (κ1) is 23.6. The predicted molar refractivity (Wildman–Crippen MR) is 130 cm³/mol. The molecular formula is C27H24ClNO5. The number of carbonyl (C=O) groups excluding carboxylic acids is 2. The first-order valence-corrected chi connectivity index (χ1v) is 11.6. The molecule has 4 rings (SSSR count). The van der Waals surface area contributed by atoms with Gasteiger partial charge in [-0.1, -0.05) is 36.7 Å². The van der Waals surface area contributed by atoms with E-state index in [1.807, 2.05) is 13.0 Å². The van der Waals surface area contributed by atoms with Crippen molar-refractivity contribution in [2.45, 2.75) is 45.1 Å². The maximum atomic E-state index is 13.2. The van der Waals surface area contributed by atoms with Crippen molar-refractivity contribution in [3.8, 4) is 11.1 Å². The number of Topliss-reactive ketones (excluding diaryl/α,β-unsaturated/α-hetero) is 2. The van der Waals surface area contributed by atoms with Gasteiger partial charge in [0.15, 0.2) is 11.6 Å². The molecule has 174 valence electrons. The van der Waals surface area contributed by atoms with E-state index in [9.17, 15) is 19.2 Å². The van der Waals surface area contributed by atoms with Gasteiger partial charge in [0.25, 0.3) is 5.56 Å². The summed E-state index contributed by atoms with van der Waals surface area (Å²) in [5.74, 6) is -1.29. The number of aromatic carboxylic acids is 1. The highest BCUT2D eigenvalue weighted by Crippen LogP contribution is 2.33. The largest absolute Gasteiger partial charge is 0.478 e. The maximum absolute atomic E-state index is 13.2. The van der Waals surface area contributed by atoms with Crippen LogP contribution in [-0.4, -0.2) is 27.2 Å². The van der Waals surface area contributed by atoms with E-state index in [4.69, 9.17) is 16.7 Å². The molecule has 34 heavy (non-hydrogen) atoms. The molecule has 0 fully saturated rings. The van der Waals surface area contributed by atoms with Crippen LogP contribution in [0.1, 0.15) is 64.1 Å². The van der Waals surface area contributed by atoms with Crippen LogP contribution < -0.4 is 5.56 Å². The Bertz CT molecular complexity index is 1340. The number of aromatic nitrogens is 1. The van der Waals surface area contributed by atoms with E-state index in [2.05, 4.69) is 0 Å². The first-order valence-electron chi connectivity index (χ1n) is 11.2. The molecule has 0 radical (unpaired) electrons. The van der Waals surface area contributed by atoms with Crippen molar-refractivity contribution in [2.24, 2.45) is 0 Å². The number of carboxylic acid groups (broad SMARTS) is 1. The molecule has 2 aromatic carbocycles. The first-order chi connectivity index (χ1) is 16.3. The zero-order valence-corrected chi connectivity index (χ0v) is 19.5. The lowest BCUT2D eigenvalue weighted by molar-refractivity contribution is -0.121. The number of rotatable bonds is 6. The number of ketones is 2. The summed E-state index contributed by atoms with van der Waals surface area (Å²) in [5, 5.41) is 9.58. The molecule has 0 saturated heterocycles. The van der Waals surface area contributed by atoms with Gasteiger partial charge in [-0.15, -0.1) is 0 Å². The second kappa shape index (κ2) is 9.77. The van der Waals surface area contributed by atoms with Crippen molar-refractivity contribution in [3.63, 3.8) is 0 Å². The lowest BCUT2D eigenvalue weighted by Crippen LogP contribution is -2.31. The van der Waals surface area contributed by atoms with E-state index in [1.54, 1.807) is 24.3 Å². The van der Waals surface area contributed by atoms with E-state index in [-0.39, 0.29) is 29.1 Å². The summed E-state index contributed by atoms with van der Waals surface area (Å²) >= 11 is 6.22.